The maximum absolute atomic E-state index is 6.11. The van der Waals surface area contributed by atoms with Crippen LogP contribution in [0.15, 0.2) is 28.7 Å². The van der Waals surface area contributed by atoms with Crippen LogP contribution in [0, 0.1) is 5.92 Å². The van der Waals surface area contributed by atoms with Crippen molar-refractivity contribution in [1.29, 1.82) is 0 Å². The fraction of sp³-hybridized carbons (Fsp3) is 0.556. The molecule has 0 aliphatic heterocycles. The summed E-state index contributed by atoms with van der Waals surface area (Å²) in [5, 5.41) is 4.98. The molecule has 0 bridgehead atoms. The number of nitrogens with one attached hydrogen (secondary N) is 1. The van der Waals surface area contributed by atoms with Gasteiger partial charge in [0.1, 0.15) is 11.3 Å². The lowest BCUT2D eigenvalue weighted by atomic mass is 9.99. The number of hydrogen-bond acceptors (Lipinski definition) is 2. The van der Waals surface area contributed by atoms with Crippen LogP contribution in [0.1, 0.15) is 58.4 Å². The molecule has 0 saturated carbocycles. The van der Waals surface area contributed by atoms with Crippen molar-refractivity contribution in [2.45, 2.75) is 59.5 Å². The molecular formula is C18H27NO. The Morgan fingerprint density at radius 2 is 1.80 bits per heavy atom. The number of hydrogen-bond donors (Lipinski definition) is 1. The van der Waals surface area contributed by atoms with Gasteiger partial charge in [-0.1, -0.05) is 45.9 Å². The lowest BCUT2D eigenvalue weighted by Gasteiger charge is -2.25. The molecule has 0 aliphatic carbocycles. The highest BCUT2D eigenvalue weighted by Crippen LogP contribution is 2.31. The Hall–Kier alpha value is -1.28. The highest BCUT2D eigenvalue weighted by molar-refractivity contribution is 5.82. The van der Waals surface area contributed by atoms with Crippen molar-refractivity contribution in [1.82, 2.24) is 5.32 Å². The van der Waals surface area contributed by atoms with E-state index in [-0.39, 0.29) is 6.04 Å². The molecule has 0 radical (unpaired) electrons. The molecule has 2 atom stereocenters. The van der Waals surface area contributed by atoms with Crippen molar-refractivity contribution in [2.75, 3.05) is 0 Å². The van der Waals surface area contributed by atoms with Crippen molar-refractivity contribution in [3.63, 3.8) is 0 Å². The van der Waals surface area contributed by atoms with Gasteiger partial charge in [0, 0.05) is 17.0 Å². The zero-order valence-electron chi connectivity index (χ0n) is 13.4. The largest absolute Gasteiger partial charge is 0.459 e. The van der Waals surface area contributed by atoms with E-state index in [1.54, 1.807) is 0 Å². The second kappa shape index (κ2) is 6.45. The summed E-state index contributed by atoms with van der Waals surface area (Å²) in [6.45, 7) is 11.2. The SMILES string of the molecule is CCc1c(C(C)NC(CC)C(C)C)oc2ccccc12. The van der Waals surface area contributed by atoms with E-state index in [4.69, 9.17) is 4.42 Å². The van der Waals surface area contributed by atoms with Gasteiger partial charge in [0.05, 0.1) is 6.04 Å². The minimum Gasteiger partial charge on any atom is -0.459 e. The van der Waals surface area contributed by atoms with Gasteiger partial charge in [0.2, 0.25) is 0 Å². The van der Waals surface area contributed by atoms with Crippen molar-refractivity contribution < 1.29 is 4.42 Å². The van der Waals surface area contributed by atoms with Crippen LogP contribution in [0.5, 0.6) is 0 Å². The van der Waals surface area contributed by atoms with E-state index < -0.39 is 0 Å². The first-order valence-corrected chi connectivity index (χ1v) is 7.84. The Morgan fingerprint density at radius 1 is 1.10 bits per heavy atom. The van der Waals surface area contributed by atoms with Crippen molar-refractivity contribution in [2.24, 2.45) is 5.92 Å². The van der Waals surface area contributed by atoms with Gasteiger partial charge in [-0.05, 0) is 31.7 Å². The summed E-state index contributed by atoms with van der Waals surface area (Å²) in [5.41, 5.74) is 2.35. The Bertz CT molecular complexity index is 556. The Kier molecular flexibility index (Phi) is 4.87. The third-order valence-electron chi connectivity index (χ3n) is 4.19. The van der Waals surface area contributed by atoms with Crippen molar-refractivity contribution in [3.05, 3.63) is 35.6 Å². The van der Waals surface area contributed by atoms with Crippen LogP contribution in [0.2, 0.25) is 0 Å². The monoisotopic (exact) mass is 273 g/mol. The molecule has 20 heavy (non-hydrogen) atoms. The Labute approximate surface area is 122 Å². The third kappa shape index (κ3) is 2.90. The van der Waals surface area contributed by atoms with Gasteiger partial charge in [0.15, 0.2) is 0 Å². The highest BCUT2D eigenvalue weighted by Gasteiger charge is 2.21. The second-order valence-electron chi connectivity index (χ2n) is 5.94. The van der Waals surface area contributed by atoms with Crippen LogP contribution in [0.3, 0.4) is 0 Å². The van der Waals surface area contributed by atoms with Gasteiger partial charge in [-0.2, -0.15) is 0 Å². The highest BCUT2D eigenvalue weighted by atomic mass is 16.3. The number of benzene rings is 1. The first-order chi connectivity index (χ1) is 9.58. The fourth-order valence-electron chi connectivity index (χ4n) is 3.01. The molecule has 0 aliphatic rings. The van der Waals surface area contributed by atoms with Crippen LogP contribution in [-0.2, 0) is 6.42 Å². The summed E-state index contributed by atoms with van der Waals surface area (Å²) in [4.78, 5) is 0. The molecule has 1 aromatic heterocycles. The van der Waals surface area contributed by atoms with E-state index in [0.717, 1.165) is 24.2 Å². The Balaban J connectivity index is 2.31. The molecule has 0 saturated heterocycles. The van der Waals surface area contributed by atoms with E-state index in [9.17, 15) is 0 Å². The first kappa shape index (κ1) is 15.1. The minimum absolute atomic E-state index is 0.254. The van der Waals surface area contributed by atoms with E-state index in [1.807, 2.05) is 6.07 Å². The molecule has 110 valence electrons. The Morgan fingerprint density at radius 3 is 2.40 bits per heavy atom. The first-order valence-electron chi connectivity index (χ1n) is 7.84. The maximum atomic E-state index is 6.11. The van der Waals surface area contributed by atoms with Gasteiger partial charge in [-0.25, -0.2) is 0 Å². The molecule has 0 spiro atoms. The van der Waals surface area contributed by atoms with Crippen molar-refractivity contribution >= 4 is 11.0 Å². The number of rotatable bonds is 6. The lowest BCUT2D eigenvalue weighted by molar-refractivity contribution is 0.330. The minimum atomic E-state index is 0.254. The standard InChI is InChI=1S/C18H27NO/c1-6-14-15-10-8-9-11-17(15)20-18(14)13(5)19-16(7-2)12(3)4/h8-13,16,19H,6-7H2,1-5H3. The van der Waals surface area contributed by atoms with E-state index in [2.05, 4.69) is 58.1 Å². The predicted molar refractivity (Wildman–Crippen MR) is 86.1 cm³/mol. The number of para-hydroxylation sites is 1. The molecule has 2 rings (SSSR count). The number of aryl methyl sites for hydroxylation is 1. The van der Waals surface area contributed by atoms with Crippen LogP contribution in [0.25, 0.3) is 11.0 Å². The van der Waals surface area contributed by atoms with Gasteiger partial charge >= 0.3 is 0 Å². The summed E-state index contributed by atoms with van der Waals surface area (Å²) in [7, 11) is 0. The van der Waals surface area contributed by atoms with Gasteiger partial charge in [0.25, 0.3) is 0 Å². The molecule has 1 aromatic carbocycles. The summed E-state index contributed by atoms with van der Waals surface area (Å²) in [5.74, 6) is 1.74. The molecule has 2 unspecified atom stereocenters. The average Bonchev–Trinajstić information content (AvgIpc) is 2.82. The molecule has 2 aromatic rings. The molecular weight excluding hydrogens is 246 g/mol. The van der Waals surface area contributed by atoms with Gasteiger partial charge < -0.3 is 9.73 Å². The van der Waals surface area contributed by atoms with Gasteiger partial charge in [-0.3, -0.25) is 0 Å². The number of fused-ring (bicyclic) bond motifs is 1. The summed E-state index contributed by atoms with van der Waals surface area (Å²) >= 11 is 0. The molecule has 2 nitrogen and oxygen atoms in total. The van der Waals surface area contributed by atoms with Crippen LogP contribution in [0.4, 0.5) is 0 Å². The predicted octanol–water partition coefficient (Wildman–Crippen LogP) is 5.08. The fourth-order valence-corrected chi connectivity index (χ4v) is 3.01. The van der Waals surface area contributed by atoms with Gasteiger partial charge in [-0.15, -0.1) is 0 Å². The van der Waals surface area contributed by atoms with Crippen LogP contribution < -0.4 is 5.32 Å². The molecule has 0 amide bonds. The third-order valence-corrected chi connectivity index (χ3v) is 4.19. The van der Waals surface area contributed by atoms with Crippen LogP contribution in [-0.4, -0.2) is 6.04 Å². The molecule has 1 heterocycles. The molecule has 1 N–H and O–H groups in total. The molecule has 2 heteroatoms. The smallest absolute Gasteiger partial charge is 0.134 e. The summed E-state index contributed by atoms with van der Waals surface area (Å²) in [6, 6.07) is 9.13. The topological polar surface area (TPSA) is 25.2 Å². The lowest BCUT2D eigenvalue weighted by Crippen LogP contribution is -2.35. The molecule has 0 fully saturated rings. The van der Waals surface area contributed by atoms with Crippen LogP contribution >= 0.6 is 0 Å². The quantitative estimate of drug-likeness (QED) is 0.794. The normalized spacial score (nSPS) is 14.9. The summed E-state index contributed by atoms with van der Waals surface area (Å²) in [6.07, 6.45) is 2.15. The zero-order valence-corrected chi connectivity index (χ0v) is 13.4. The average molecular weight is 273 g/mol. The summed E-state index contributed by atoms with van der Waals surface area (Å²) < 4.78 is 6.11. The van der Waals surface area contributed by atoms with Crippen molar-refractivity contribution in [3.8, 4) is 0 Å². The second-order valence-corrected chi connectivity index (χ2v) is 5.94. The zero-order chi connectivity index (χ0) is 14.7. The van der Waals surface area contributed by atoms with E-state index in [0.29, 0.717) is 12.0 Å². The number of furan rings is 1. The van der Waals surface area contributed by atoms with E-state index >= 15 is 0 Å². The van der Waals surface area contributed by atoms with E-state index in [1.165, 1.54) is 10.9 Å². The maximum Gasteiger partial charge on any atom is 0.134 e.